The minimum absolute atomic E-state index is 0.240. The van der Waals surface area contributed by atoms with Crippen LogP contribution in [0.15, 0.2) is 47.8 Å². The maximum Gasteiger partial charge on any atom is 0.255 e. The van der Waals surface area contributed by atoms with Crippen molar-refractivity contribution in [3.8, 4) is 22.8 Å². The third kappa shape index (κ3) is 3.72. The van der Waals surface area contributed by atoms with Crippen LogP contribution in [-0.4, -0.2) is 25.1 Å². The Hall–Kier alpha value is -3.06. The number of amides is 1. The number of methoxy groups -OCH3 is 2. The zero-order chi connectivity index (χ0) is 17.8. The molecule has 3 rings (SSSR count). The molecule has 0 aliphatic heterocycles. The molecule has 0 saturated carbocycles. The Balaban J connectivity index is 1.81. The van der Waals surface area contributed by atoms with E-state index >= 15 is 0 Å². The predicted octanol–water partition coefficient (Wildman–Crippen LogP) is 3.66. The van der Waals surface area contributed by atoms with Gasteiger partial charge in [-0.1, -0.05) is 12.1 Å². The first-order chi connectivity index (χ1) is 12.1. The van der Waals surface area contributed by atoms with Crippen LogP contribution in [0, 0.1) is 0 Å². The molecule has 1 heterocycles. The van der Waals surface area contributed by atoms with E-state index in [1.165, 1.54) is 18.4 Å². The second kappa shape index (κ2) is 7.23. The lowest BCUT2D eigenvalue weighted by atomic mass is 10.1. The lowest BCUT2D eigenvalue weighted by molar-refractivity contribution is 0.102. The lowest BCUT2D eigenvalue weighted by Gasteiger charge is -2.10. The average molecular weight is 355 g/mol. The van der Waals surface area contributed by atoms with Gasteiger partial charge in [-0.15, -0.1) is 11.3 Å². The Morgan fingerprint density at radius 3 is 2.60 bits per heavy atom. The van der Waals surface area contributed by atoms with E-state index in [1.807, 2.05) is 29.6 Å². The molecule has 0 saturated heterocycles. The Labute approximate surface area is 149 Å². The molecule has 25 heavy (non-hydrogen) atoms. The van der Waals surface area contributed by atoms with Crippen molar-refractivity contribution in [2.45, 2.75) is 0 Å². The lowest BCUT2D eigenvalue weighted by Crippen LogP contribution is -2.12. The topological polar surface area (TPSA) is 86.5 Å². The summed E-state index contributed by atoms with van der Waals surface area (Å²) in [6, 6.07) is 12.5. The molecule has 0 unspecified atom stereocenters. The van der Waals surface area contributed by atoms with Gasteiger partial charge in [-0.2, -0.15) is 0 Å². The number of thiazole rings is 1. The molecule has 6 nitrogen and oxygen atoms in total. The van der Waals surface area contributed by atoms with Crippen molar-refractivity contribution in [3.05, 3.63) is 53.4 Å². The number of nitrogens with zero attached hydrogens (tertiary/aromatic N) is 1. The maximum absolute atomic E-state index is 12.5. The third-order valence-corrected chi connectivity index (χ3v) is 4.26. The maximum atomic E-state index is 12.5. The van der Waals surface area contributed by atoms with Crippen LogP contribution >= 0.6 is 11.3 Å². The van der Waals surface area contributed by atoms with Crippen LogP contribution in [0.25, 0.3) is 11.3 Å². The summed E-state index contributed by atoms with van der Waals surface area (Å²) in [7, 11) is 3.08. The molecule has 7 heteroatoms. The number of ether oxygens (including phenoxy) is 2. The van der Waals surface area contributed by atoms with E-state index in [4.69, 9.17) is 15.2 Å². The molecule has 128 valence electrons. The second-order valence-corrected chi connectivity index (χ2v) is 6.07. The second-order valence-electron chi connectivity index (χ2n) is 5.18. The highest BCUT2D eigenvalue weighted by Gasteiger charge is 2.12. The van der Waals surface area contributed by atoms with E-state index < -0.39 is 0 Å². The Morgan fingerprint density at radius 2 is 1.92 bits per heavy atom. The number of hydrogen-bond acceptors (Lipinski definition) is 6. The molecule has 0 bridgehead atoms. The Morgan fingerprint density at radius 1 is 1.12 bits per heavy atom. The van der Waals surface area contributed by atoms with Crippen LogP contribution in [0.3, 0.4) is 0 Å². The summed E-state index contributed by atoms with van der Waals surface area (Å²) >= 11 is 1.38. The van der Waals surface area contributed by atoms with Crippen LogP contribution in [-0.2, 0) is 0 Å². The number of nitrogens with one attached hydrogen (secondary N) is 1. The molecule has 3 N–H and O–H groups in total. The monoisotopic (exact) mass is 355 g/mol. The predicted molar refractivity (Wildman–Crippen MR) is 99.5 cm³/mol. The average Bonchev–Trinajstić information content (AvgIpc) is 3.07. The van der Waals surface area contributed by atoms with Crippen LogP contribution in [0.2, 0.25) is 0 Å². The van der Waals surface area contributed by atoms with Gasteiger partial charge in [0, 0.05) is 22.2 Å². The number of rotatable bonds is 5. The standard InChI is InChI=1S/C18H17N3O3S/c1-23-15-7-6-12(9-16(15)24-2)17(22)20-13-5-3-4-11(8-13)14-10-25-18(19)21-14/h3-10H,1-2H3,(H2,19,21)(H,20,22). The smallest absolute Gasteiger partial charge is 0.255 e. The minimum atomic E-state index is -0.240. The highest BCUT2D eigenvalue weighted by molar-refractivity contribution is 7.13. The van der Waals surface area contributed by atoms with Gasteiger partial charge < -0.3 is 20.5 Å². The molecule has 0 spiro atoms. The minimum Gasteiger partial charge on any atom is -0.493 e. The van der Waals surface area contributed by atoms with Gasteiger partial charge in [-0.25, -0.2) is 4.98 Å². The zero-order valence-electron chi connectivity index (χ0n) is 13.8. The summed E-state index contributed by atoms with van der Waals surface area (Å²) in [4.78, 5) is 16.7. The van der Waals surface area contributed by atoms with Crippen molar-refractivity contribution in [1.29, 1.82) is 0 Å². The van der Waals surface area contributed by atoms with Gasteiger partial charge in [0.1, 0.15) is 0 Å². The SMILES string of the molecule is COc1ccc(C(=O)Nc2cccc(-c3csc(N)n3)c2)cc1OC. The van der Waals surface area contributed by atoms with E-state index in [9.17, 15) is 4.79 Å². The zero-order valence-corrected chi connectivity index (χ0v) is 14.6. The van der Waals surface area contributed by atoms with Crippen molar-refractivity contribution in [3.63, 3.8) is 0 Å². The third-order valence-electron chi connectivity index (χ3n) is 3.58. The summed E-state index contributed by atoms with van der Waals surface area (Å²) in [5, 5.41) is 5.26. The molecule has 0 atom stereocenters. The van der Waals surface area contributed by atoms with Gasteiger partial charge in [0.05, 0.1) is 19.9 Å². The molecule has 3 aromatic rings. The quantitative estimate of drug-likeness (QED) is 0.729. The van der Waals surface area contributed by atoms with Gasteiger partial charge in [-0.3, -0.25) is 4.79 Å². The van der Waals surface area contributed by atoms with Crippen molar-refractivity contribution >= 4 is 28.1 Å². The fourth-order valence-corrected chi connectivity index (χ4v) is 2.93. The summed E-state index contributed by atoms with van der Waals surface area (Å²) < 4.78 is 10.4. The van der Waals surface area contributed by atoms with Gasteiger partial charge in [-0.05, 0) is 30.3 Å². The largest absolute Gasteiger partial charge is 0.493 e. The molecular formula is C18H17N3O3S. The number of hydrogen-bond donors (Lipinski definition) is 2. The Bertz CT molecular complexity index is 908. The van der Waals surface area contributed by atoms with Crippen molar-refractivity contribution in [1.82, 2.24) is 4.98 Å². The van der Waals surface area contributed by atoms with E-state index in [-0.39, 0.29) is 5.91 Å². The van der Waals surface area contributed by atoms with Gasteiger partial charge in [0.15, 0.2) is 16.6 Å². The van der Waals surface area contributed by atoms with E-state index in [1.54, 1.807) is 25.3 Å². The molecule has 0 aliphatic carbocycles. The molecule has 0 aliphatic rings. The fraction of sp³-hybridized carbons (Fsp3) is 0.111. The highest BCUT2D eigenvalue weighted by atomic mass is 32.1. The fourth-order valence-electron chi connectivity index (χ4n) is 2.36. The summed E-state index contributed by atoms with van der Waals surface area (Å²) in [6.07, 6.45) is 0. The number of carbonyl (C=O) groups excluding carboxylic acids is 1. The Kier molecular flexibility index (Phi) is 4.85. The first kappa shape index (κ1) is 16.8. The van der Waals surface area contributed by atoms with Gasteiger partial charge in [0.2, 0.25) is 0 Å². The molecular weight excluding hydrogens is 338 g/mol. The number of aromatic nitrogens is 1. The van der Waals surface area contributed by atoms with Crippen LogP contribution in [0.4, 0.5) is 10.8 Å². The normalized spacial score (nSPS) is 10.3. The molecule has 0 fully saturated rings. The summed E-state index contributed by atoms with van der Waals surface area (Å²) in [5.41, 5.74) is 8.49. The molecule has 1 amide bonds. The summed E-state index contributed by atoms with van der Waals surface area (Å²) in [5.74, 6) is 0.833. The molecule has 2 aromatic carbocycles. The molecule has 1 aromatic heterocycles. The van der Waals surface area contributed by atoms with Crippen molar-refractivity contribution in [2.75, 3.05) is 25.3 Å². The first-order valence-corrected chi connectivity index (χ1v) is 8.33. The van der Waals surface area contributed by atoms with E-state index in [2.05, 4.69) is 10.3 Å². The van der Waals surface area contributed by atoms with Crippen LogP contribution in [0.1, 0.15) is 10.4 Å². The van der Waals surface area contributed by atoms with E-state index in [0.717, 1.165) is 11.3 Å². The number of benzene rings is 2. The van der Waals surface area contributed by atoms with Gasteiger partial charge >= 0.3 is 0 Å². The van der Waals surface area contributed by atoms with Crippen molar-refractivity contribution < 1.29 is 14.3 Å². The van der Waals surface area contributed by atoms with Gasteiger partial charge in [0.25, 0.3) is 5.91 Å². The number of anilines is 2. The molecule has 0 radical (unpaired) electrons. The highest BCUT2D eigenvalue weighted by Crippen LogP contribution is 2.29. The summed E-state index contributed by atoms with van der Waals surface area (Å²) in [6.45, 7) is 0. The number of nitrogen functional groups attached to an aromatic ring is 1. The van der Waals surface area contributed by atoms with Crippen molar-refractivity contribution in [2.24, 2.45) is 0 Å². The number of nitrogens with two attached hydrogens (primary N) is 1. The van der Waals surface area contributed by atoms with Crippen LogP contribution in [0.5, 0.6) is 11.5 Å². The van der Waals surface area contributed by atoms with Crippen LogP contribution < -0.4 is 20.5 Å². The van der Waals surface area contributed by atoms with E-state index in [0.29, 0.717) is 27.9 Å². The number of carbonyl (C=O) groups is 1. The first-order valence-electron chi connectivity index (χ1n) is 7.45.